The normalized spacial score (nSPS) is 10.8. The number of hydrogen-bond acceptors (Lipinski definition) is 7. The molecule has 0 saturated heterocycles. The minimum atomic E-state index is 0.503. The van der Waals surface area contributed by atoms with E-state index in [1.54, 1.807) is 37.5 Å². The molecule has 0 aromatic carbocycles. The van der Waals surface area contributed by atoms with Gasteiger partial charge in [0.1, 0.15) is 18.3 Å². The van der Waals surface area contributed by atoms with E-state index in [9.17, 15) is 0 Å². The summed E-state index contributed by atoms with van der Waals surface area (Å²) in [7, 11) is 3.32. The van der Waals surface area contributed by atoms with Crippen molar-refractivity contribution >= 4 is 11.5 Å². The standard InChI is InChI=1S/C13H20N6O2/c1-20-7-5-18(6-8-21-2)12-11(14)13(17-9-16-12)19-4-3-15-10-19/h3-4,9-10H,5-8,14H2,1-2H3. The number of ether oxygens (including phenoxy) is 2. The molecule has 8 heteroatoms. The summed E-state index contributed by atoms with van der Waals surface area (Å²) in [5.41, 5.74) is 6.72. The van der Waals surface area contributed by atoms with Crippen molar-refractivity contribution in [2.24, 2.45) is 0 Å². The Labute approximate surface area is 123 Å². The maximum atomic E-state index is 6.22. The topological polar surface area (TPSA) is 91.3 Å². The van der Waals surface area contributed by atoms with Gasteiger partial charge in [-0.1, -0.05) is 0 Å². The van der Waals surface area contributed by atoms with Gasteiger partial charge in [0.25, 0.3) is 0 Å². The summed E-state index contributed by atoms with van der Waals surface area (Å²) in [4.78, 5) is 14.5. The summed E-state index contributed by atoms with van der Waals surface area (Å²) in [6, 6.07) is 0. The van der Waals surface area contributed by atoms with Gasteiger partial charge in [-0.2, -0.15) is 0 Å². The van der Waals surface area contributed by atoms with Crippen LogP contribution in [0.5, 0.6) is 0 Å². The number of hydrogen-bond donors (Lipinski definition) is 1. The minimum Gasteiger partial charge on any atom is -0.393 e. The number of imidazole rings is 1. The SMILES string of the molecule is COCCN(CCOC)c1ncnc(-n2ccnc2)c1N. The van der Waals surface area contributed by atoms with E-state index in [4.69, 9.17) is 15.2 Å². The van der Waals surface area contributed by atoms with Gasteiger partial charge >= 0.3 is 0 Å². The Bertz CT molecular complexity index is 538. The van der Waals surface area contributed by atoms with Crippen molar-refractivity contribution in [3.05, 3.63) is 25.0 Å². The molecule has 0 spiro atoms. The van der Waals surface area contributed by atoms with E-state index >= 15 is 0 Å². The van der Waals surface area contributed by atoms with E-state index in [0.717, 1.165) is 0 Å². The molecule has 0 bridgehead atoms. The van der Waals surface area contributed by atoms with Gasteiger partial charge in [0.15, 0.2) is 11.6 Å². The lowest BCUT2D eigenvalue weighted by molar-refractivity contribution is 0.190. The number of rotatable bonds is 8. The first kappa shape index (κ1) is 15.2. The van der Waals surface area contributed by atoms with Crippen LogP contribution in [0.2, 0.25) is 0 Å². The molecule has 2 heterocycles. The van der Waals surface area contributed by atoms with Gasteiger partial charge in [0.2, 0.25) is 0 Å². The quantitative estimate of drug-likeness (QED) is 0.750. The molecular weight excluding hydrogens is 272 g/mol. The molecule has 8 nitrogen and oxygen atoms in total. The Kier molecular flexibility index (Phi) is 5.47. The Hall–Kier alpha value is -2.19. The molecule has 21 heavy (non-hydrogen) atoms. The molecule has 0 radical (unpaired) electrons. The lowest BCUT2D eigenvalue weighted by Gasteiger charge is -2.24. The van der Waals surface area contributed by atoms with Gasteiger partial charge in [-0.25, -0.2) is 15.0 Å². The average molecular weight is 292 g/mol. The molecule has 0 amide bonds. The summed E-state index contributed by atoms with van der Waals surface area (Å²) in [5, 5.41) is 0. The second-order valence-electron chi connectivity index (χ2n) is 4.38. The van der Waals surface area contributed by atoms with Gasteiger partial charge in [-0.05, 0) is 0 Å². The van der Waals surface area contributed by atoms with Crippen LogP contribution in [0.4, 0.5) is 11.5 Å². The third-order valence-corrected chi connectivity index (χ3v) is 3.02. The minimum absolute atomic E-state index is 0.503. The maximum absolute atomic E-state index is 6.22. The molecular formula is C13H20N6O2. The van der Waals surface area contributed by atoms with Gasteiger partial charge in [-0.3, -0.25) is 4.57 Å². The second-order valence-corrected chi connectivity index (χ2v) is 4.38. The van der Waals surface area contributed by atoms with Crippen LogP contribution in [0, 0.1) is 0 Å². The molecule has 2 rings (SSSR count). The fourth-order valence-corrected chi connectivity index (χ4v) is 1.95. The van der Waals surface area contributed by atoms with E-state index in [2.05, 4.69) is 15.0 Å². The molecule has 114 valence electrons. The Balaban J connectivity index is 2.29. The first-order valence-electron chi connectivity index (χ1n) is 6.59. The zero-order valence-corrected chi connectivity index (χ0v) is 12.3. The molecule has 0 aliphatic carbocycles. The second kappa shape index (κ2) is 7.55. The van der Waals surface area contributed by atoms with Gasteiger partial charge in [0, 0.05) is 39.7 Å². The molecule has 0 aliphatic heterocycles. The third-order valence-electron chi connectivity index (χ3n) is 3.02. The van der Waals surface area contributed by atoms with E-state index < -0.39 is 0 Å². The van der Waals surface area contributed by atoms with Crippen molar-refractivity contribution in [2.45, 2.75) is 0 Å². The number of aromatic nitrogens is 4. The van der Waals surface area contributed by atoms with Crippen molar-refractivity contribution in [3.8, 4) is 5.82 Å². The monoisotopic (exact) mass is 292 g/mol. The Morgan fingerprint density at radius 3 is 2.48 bits per heavy atom. The molecule has 2 aromatic heterocycles. The number of nitrogen functional groups attached to an aromatic ring is 1. The summed E-state index contributed by atoms with van der Waals surface area (Å²) < 4.78 is 12.0. The summed E-state index contributed by atoms with van der Waals surface area (Å²) in [6.45, 7) is 2.50. The summed E-state index contributed by atoms with van der Waals surface area (Å²) in [5.74, 6) is 1.28. The van der Waals surface area contributed by atoms with Crippen molar-refractivity contribution in [3.63, 3.8) is 0 Å². The number of anilines is 2. The van der Waals surface area contributed by atoms with E-state index in [-0.39, 0.29) is 0 Å². The van der Waals surface area contributed by atoms with Crippen LogP contribution in [0.25, 0.3) is 5.82 Å². The number of nitrogens with zero attached hydrogens (tertiary/aromatic N) is 5. The lowest BCUT2D eigenvalue weighted by Crippen LogP contribution is -2.32. The Morgan fingerprint density at radius 2 is 1.90 bits per heavy atom. The molecule has 0 aliphatic rings. The molecule has 2 aromatic rings. The highest BCUT2D eigenvalue weighted by Crippen LogP contribution is 2.24. The van der Waals surface area contributed by atoms with E-state index in [1.807, 2.05) is 4.90 Å². The third kappa shape index (κ3) is 3.67. The van der Waals surface area contributed by atoms with Crippen LogP contribution in [0.15, 0.2) is 25.0 Å². The highest BCUT2D eigenvalue weighted by atomic mass is 16.5. The van der Waals surface area contributed by atoms with Crippen LogP contribution in [0.1, 0.15) is 0 Å². The molecule has 2 N–H and O–H groups in total. The van der Waals surface area contributed by atoms with Crippen molar-refractivity contribution in [1.29, 1.82) is 0 Å². The lowest BCUT2D eigenvalue weighted by atomic mass is 10.3. The van der Waals surface area contributed by atoms with Crippen LogP contribution in [-0.4, -0.2) is 60.0 Å². The highest BCUT2D eigenvalue weighted by molar-refractivity contribution is 5.70. The predicted octanol–water partition coefficient (Wildman–Crippen LogP) is 0.344. The highest BCUT2D eigenvalue weighted by Gasteiger charge is 2.15. The Morgan fingerprint density at radius 1 is 1.19 bits per heavy atom. The fourth-order valence-electron chi connectivity index (χ4n) is 1.95. The van der Waals surface area contributed by atoms with E-state index in [1.165, 1.54) is 6.33 Å². The molecule has 0 atom stereocenters. The van der Waals surface area contributed by atoms with Crippen molar-refractivity contribution in [2.75, 3.05) is 51.2 Å². The van der Waals surface area contributed by atoms with E-state index in [0.29, 0.717) is 43.6 Å². The maximum Gasteiger partial charge on any atom is 0.166 e. The number of nitrogens with two attached hydrogens (primary N) is 1. The largest absolute Gasteiger partial charge is 0.393 e. The smallest absolute Gasteiger partial charge is 0.166 e. The van der Waals surface area contributed by atoms with Gasteiger partial charge < -0.3 is 20.1 Å². The summed E-state index contributed by atoms with van der Waals surface area (Å²) in [6.07, 6.45) is 6.61. The average Bonchev–Trinajstić information content (AvgIpc) is 3.02. The van der Waals surface area contributed by atoms with Crippen LogP contribution < -0.4 is 10.6 Å². The molecule has 0 fully saturated rings. The van der Waals surface area contributed by atoms with Gasteiger partial charge in [-0.15, -0.1) is 0 Å². The first-order chi connectivity index (χ1) is 10.3. The van der Waals surface area contributed by atoms with Crippen LogP contribution in [-0.2, 0) is 9.47 Å². The van der Waals surface area contributed by atoms with Crippen molar-refractivity contribution in [1.82, 2.24) is 19.5 Å². The van der Waals surface area contributed by atoms with Gasteiger partial charge in [0.05, 0.1) is 13.2 Å². The number of methoxy groups -OCH3 is 2. The summed E-state index contributed by atoms with van der Waals surface area (Å²) >= 11 is 0. The van der Waals surface area contributed by atoms with Crippen LogP contribution in [0.3, 0.4) is 0 Å². The predicted molar refractivity (Wildman–Crippen MR) is 79.5 cm³/mol. The zero-order chi connectivity index (χ0) is 15.1. The fraction of sp³-hybridized carbons (Fsp3) is 0.462. The molecule has 0 saturated carbocycles. The zero-order valence-electron chi connectivity index (χ0n) is 12.3. The van der Waals surface area contributed by atoms with Crippen molar-refractivity contribution < 1.29 is 9.47 Å². The molecule has 0 unspecified atom stereocenters. The van der Waals surface area contributed by atoms with Crippen LogP contribution >= 0.6 is 0 Å². The first-order valence-corrected chi connectivity index (χ1v) is 6.59.